The lowest BCUT2D eigenvalue weighted by Crippen LogP contribution is -2.53. The van der Waals surface area contributed by atoms with Crippen LogP contribution in [0.5, 0.6) is 0 Å². The van der Waals surface area contributed by atoms with Crippen molar-refractivity contribution in [1.29, 1.82) is 0 Å². The minimum absolute atomic E-state index is 0.0215. The molecule has 2 aromatic heterocycles. The number of furan rings is 1. The van der Waals surface area contributed by atoms with Gasteiger partial charge in [0.2, 0.25) is 15.9 Å². The van der Waals surface area contributed by atoms with Gasteiger partial charge >= 0.3 is 0 Å². The number of carbonyl (C=O) groups excluding carboxylic acids is 2. The molecule has 0 atom stereocenters. The molecular weight excluding hydrogens is 527 g/mol. The Kier molecular flexibility index (Phi) is 7.67. The lowest BCUT2D eigenvalue weighted by Gasteiger charge is -2.38. The van der Waals surface area contributed by atoms with Gasteiger partial charge in [0, 0.05) is 50.7 Å². The number of rotatable bonds is 6. The zero-order valence-electron chi connectivity index (χ0n) is 21.5. The van der Waals surface area contributed by atoms with Crippen LogP contribution in [-0.4, -0.2) is 78.8 Å². The minimum Gasteiger partial charge on any atom is -0.459 e. The largest absolute Gasteiger partial charge is 0.459 e. The van der Waals surface area contributed by atoms with Gasteiger partial charge in [0.15, 0.2) is 16.4 Å². The van der Waals surface area contributed by atoms with Crippen LogP contribution in [0.1, 0.15) is 40.4 Å². The molecule has 0 spiro atoms. The maximum Gasteiger partial charge on any atom is 0.289 e. The van der Waals surface area contributed by atoms with Gasteiger partial charge in [-0.3, -0.25) is 9.59 Å². The molecule has 206 valence electrons. The van der Waals surface area contributed by atoms with E-state index in [9.17, 15) is 22.4 Å². The van der Waals surface area contributed by atoms with Crippen LogP contribution in [-0.2, 0) is 14.8 Å². The Hall–Kier alpha value is -3.77. The normalized spacial score (nSPS) is 17.7. The van der Waals surface area contributed by atoms with E-state index in [1.165, 1.54) is 28.8 Å². The molecule has 2 aliphatic heterocycles. The summed E-state index contributed by atoms with van der Waals surface area (Å²) in [5.74, 6) is -0.655. The maximum absolute atomic E-state index is 14.0. The van der Waals surface area contributed by atoms with Gasteiger partial charge in [-0.1, -0.05) is 23.4 Å². The van der Waals surface area contributed by atoms with Crippen LogP contribution in [0.25, 0.3) is 12.2 Å². The van der Waals surface area contributed by atoms with E-state index in [-0.39, 0.29) is 52.9 Å². The molecule has 1 aromatic carbocycles. The standard InChI is InChI=1S/C27H29FN4O6S/c1-19-25(23(38-29-19)9-8-20-5-2-3-6-22(20)28)39(35,36)32-12-10-21(11-13-32)26(33)30-14-16-31(17-15-30)27(34)24-7-4-18-37-24/h2-9,18,21H,10-17H2,1H3. The van der Waals surface area contributed by atoms with E-state index >= 15 is 0 Å². The summed E-state index contributed by atoms with van der Waals surface area (Å²) in [6.07, 6.45) is 5.06. The lowest BCUT2D eigenvalue weighted by atomic mass is 9.96. The summed E-state index contributed by atoms with van der Waals surface area (Å²) >= 11 is 0. The summed E-state index contributed by atoms with van der Waals surface area (Å²) in [5.41, 5.74) is 0.503. The van der Waals surface area contributed by atoms with Gasteiger partial charge in [0.25, 0.3) is 5.91 Å². The summed E-state index contributed by atoms with van der Waals surface area (Å²) in [6, 6.07) is 9.41. The number of sulfonamides is 1. The average molecular weight is 557 g/mol. The van der Waals surface area contributed by atoms with Crippen molar-refractivity contribution in [2.24, 2.45) is 5.92 Å². The SMILES string of the molecule is Cc1noc(C=Cc2ccccc2F)c1S(=O)(=O)N1CCC(C(=O)N2CCN(C(=O)c3ccco3)CC2)CC1. The van der Waals surface area contributed by atoms with Gasteiger partial charge in [-0.15, -0.1) is 0 Å². The van der Waals surface area contributed by atoms with Crippen LogP contribution in [0.2, 0.25) is 0 Å². The van der Waals surface area contributed by atoms with Crippen LogP contribution >= 0.6 is 0 Å². The highest BCUT2D eigenvalue weighted by molar-refractivity contribution is 7.89. The van der Waals surface area contributed by atoms with Gasteiger partial charge in [-0.25, -0.2) is 12.8 Å². The van der Waals surface area contributed by atoms with Gasteiger partial charge < -0.3 is 18.7 Å². The molecular formula is C27H29FN4O6S. The van der Waals surface area contributed by atoms with Crippen molar-refractivity contribution in [3.63, 3.8) is 0 Å². The van der Waals surface area contributed by atoms with Gasteiger partial charge in [0.1, 0.15) is 11.5 Å². The van der Waals surface area contributed by atoms with E-state index in [4.69, 9.17) is 8.94 Å². The second-order valence-corrected chi connectivity index (χ2v) is 11.5. The third kappa shape index (κ3) is 5.52. The first-order chi connectivity index (χ1) is 18.8. The number of halogens is 1. The highest BCUT2D eigenvalue weighted by Crippen LogP contribution is 2.30. The number of benzene rings is 1. The molecule has 0 saturated carbocycles. The predicted molar refractivity (Wildman–Crippen MR) is 139 cm³/mol. The van der Waals surface area contributed by atoms with Crippen molar-refractivity contribution in [3.05, 3.63) is 71.3 Å². The molecule has 39 heavy (non-hydrogen) atoms. The van der Waals surface area contributed by atoms with Crippen molar-refractivity contribution < 1.29 is 31.3 Å². The number of nitrogens with zero attached hydrogens (tertiary/aromatic N) is 4. The summed E-state index contributed by atoms with van der Waals surface area (Å²) in [5, 5.41) is 3.83. The minimum atomic E-state index is -3.95. The van der Waals surface area contributed by atoms with E-state index in [1.807, 2.05) is 0 Å². The topological polar surface area (TPSA) is 117 Å². The Morgan fingerprint density at radius 2 is 1.67 bits per heavy atom. The van der Waals surface area contributed by atoms with Crippen molar-refractivity contribution in [3.8, 4) is 0 Å². The smallest absolute Gasteiger partial charge is 0.289 e. The fourth-order valence-corrected chi connectivity index (χ4v) is 6.71. The second kappa shape index (κ2) is 11.1. The van der Waals surface area contributed by atoms with Crippen LogP contribution in [0.3, 0.4) is 0 Å². The molecule has 5 rings (SSSR count). The van der Waals surface area contributed by atoms with E-state index in [2.05, 4.69) is 5.16 Å². The molecule has 0 radical (unpaired) electrons. The number of carbonyl (C=O) groups is 2. The van der Waals surface area contributed by atoms with Crippen molar-refractivity contribution in [2.45, 2.75) is 24.7 Å². The molecule has 0 unspecified atom stereocenters. The summed E-state index contributed by atoms with van der Waals surface area (Å²) in [6.45, 7) is 3.56. The number of aromatic nitrogens is 1. The third-order valence-electron chi connectivity index (χ3n) is 7.16. The summed E-state index contributed by atoms with van der Waals surface area (Å²) < 4.78 is 52.8. The number of piperidine rings is 1. The molecule has 12 heteroatoms. The first-order valence-corrected chi connectivity index (χ1v) is 14.2. The van der Waals surface area contributed by atoms with E-state index < -0.39 is 15.8 Å². The molecule has 2 aliphatic rings. The molecule has 2 amide bonds. The number of hydrogen-bond donors (Lipinski definition) is 0. The molecule has 2 saturated heterocycles. The molecule has 0 aliphatic carbocycles. The Morgan fingerprint density at radius 1 is 0.974 bits per heavy atom. The number of aryl methyl sites for hydroxylation is 1. The zero-order valence-corrected chi connectivity index (χ0v) is 22.3. The van der Waals surface area contributed by atoms with Crippen LogP contribution in [0, 0.1) is 18.7 Å². The van der Waals surface area contributed by atoms with Crippen LogP contribution in [0.4, 0.5) is 4.39 Å². The van der Waals surface area contributed by atoms with E-state index in [0.717, 1.165) is 0 Å². The van der Waals surface area contributed by atoms with E-state index in [0.29, 0.717) is 44.6 Å². The number of hydrogen-bond acceptors (Lipinski definition) is 7. The fourth-order valence-electron chi connectivity index (χ4n) is 4.99. The molecule has 4 heterocycles. The third-order valence-corrected chi connectivity index (χ3v) is 9.22. The van der Waals surface area contributed by atoms with Crippen molar-refractivity contribution in [1.82, 2.24) is 19.3 Å². The van der Waals surface area contributed by atoms with Gasteiger partial charge in [-0.05, 0) is 50.1 Å². The number of piperazine rings is 1. The monoisotopic (exact) mass is 556 g/mol. The Morgan fingerprint density at radius 3 is 2.33 bits per heavy atom. The molecule has 10 nitrogen and oxygen atoms in total. The molecule has 2 fully saturated rings. The summed E-state index contributed by atoms with van der Waals surface area (Å²) in [4.78, 5) is 29.0. The molecule has 0 N–H and O–H groups in total. The molecule has 3 aromatic rings. The first-order valence-electron chi connectivity index (χ1n) is 12.8. The Bertz CT molecular complexity index is 1470. The van der Waals surface area contributed by atoms with Gasteiger partial charge in [0.05, 0.1) is 6.26 Å². The highest BCUT2D eigenvalue weighted by atomic mass is 32.2. The van der Waals surface area contributed by atoms with Crippen LogP contribution < -0.4 is 0 Å². The maximum atomic E-state index is 14.0. The number of amides is 2. The summed E-state index contributed by atoms with van der Waals surface area (Å²) in [7, 11) is -3.95. The first kappa shape index (κ1) is 26.8. The highest BCUT2D eigenvalue weighted by Gasteiger charge is 2.37. The lowest BCUT2D eigenvalue weighted by molar-refractivity contribution is -0.138. The average Bonchev–Trinajstić information content (AvgIpc) is 3.62. The Labute approximate surface area is 225 Å². The molecule has 0 bridgehead atoms. The van der Waals surface area contributed by atoms with Crippen LogP contribution in [0.15, 0.2) is 56.5 Å². The fraction of sp³-hybridized carbons (Fsp3) is 0.370. The second-order valence-electron chi connectivity index (χ2n) is 9.59. The van der Waals surface area contributed by atoms with Crippen molar-refractivity contribution >= 4 is 34.0 Å². The van der Waals surface area contributed by atoms with E-state index in [1.54, 1.807) is 47.1 Å². The van der Waals surface area contributed by atoms with Gasteiger partial charge in [-0.2, -0.15) is 4.31 Å². The predicted octanol–water partition coefficient (Wildman–Crippen LogP) is 3.27. The van der Waals surface area contributed by atoms with Crippen molar-refractivity contribution in [2.75, 3.05) is 39.3 Å². The quantitative estimate of drug-likeness (QED) is 0.457. The Balaban J connectivity index is 1.20. The zero-order chi connectivity index (χ0) is 27.6.